The van der Waals surface area contributed by atoms with Crippen LogP contribution in [0, 0.1) is 29.1 Å². The molecule has 0 spiro atoms. The predicted octanol–water partition coefficient (Wildman–Crippen LogP) is 0.679. The van der Waals surface area contributed by atoms with E-state index < -0.39 is 17.9 Å². The van der Waals surface area contributed by atoms with Gasteiger partial charge < -0.3 is 9.57 Å². The van der Waals surface area contributed by atoms with E-state index in [1.54, 1.807) is 19.1 Å². The zero-order chi connectivity index (χ0) is 17.3. The lowest BCUT2D eigenvalue weighted by molar-refractivity contribution is -0.142. The van der Waals surface area contributed by atoms with Crippen molar-refractivity contribution in [1.29, 1.82) is 5.26 Å². The van der Waals surface area contributed by atoms with Crippen molar-refractivity contribution in [2.45, 2.75) is 25.2 Å². The van der Waals surface area contributed by atoms with Crippen LogP contribution in [0.2, 0.25) is 0 Å². The van der Waals surface area contributed by atoms with Crippen LogP contribution < -0.4 is 0 Å². The van der Waals surface area contributed by atoms with Gasteiger partial charge in [0.15, 0.2) is 6.10 Å². The Bertz CT molecular complexity index is 856. The predicted molar refractivity (Wildman–Crippen MR) is 84.1 cm³/mol. The van der Waals surface area contributed by atoms with Gasteiger partial charge >= 0.3 is 0 Å². The molecule has 0 unspecified atom stereocenters. The van der Waals surface area contributed by atoms with E-state index in [1.807, 2.05) is 12.1 Å². The fourth-order valence-electron chi connectivity index (χ4n) is 4.68. The lowest BCUT2D eigenvalue weighted by Gasteiger charge is -2.26. The lowest BCUT2D eigenvalue weighted by atomic mass is 9.71. The monoisotopic (exact) mass is 337 g/mol. The molecule has 3 saturated heterocycles. The number of imide groups is 1. The molecule has 5 rings (SSSR count). The van der Waals surface area contributed by atoms with Crippen molar-refractivity contribution in [3.63, 3.8) is 0 Å². The van der Waals surface area contributed by atoms with Crippen molar-refractivity contribution in [3.8, 4) is 6.07 Å². The van der Waals surface area contributed by atoms with Gasteiger partial charge in [-0.3, -0.25) is 14.5 Å². The number of hydrogen-bond donors (Lipinski definition) is 0. The maximum absolute atomic E-state index is 12.6. The molecular weight excluding hydrogens is 322 g/mol. The van der Waals surface area contributed by atoms with E-state index >= 15 is 0 Å². The van der Waals surface area contributed by atoms with Gasteiger partial charge in [-0.15, -0.1) is 0 Å². The highest BCUT2D eigenvalue weighted by atomic mass is 16.7. The number of amides is 2. The zero-order valence-corrected chi connectivity index (χ0v) is 13.5. The standard InChI is InChI=1S/C18H15N3O4/c1-2-21-17(22)10-11(18(21)23)15-16-12(14(10)24-15)13(20-25-16)9-5-3-8(7-19)4-6-9/h3-6,10-12,14-16H,2H2,1H3/t10-,11-,12+,14+,15+,16-/m0/s1. The van der Waals surface area contributed by atoms with E-state index in [0.717, 1.165) is 11.3 Å². The topological polar surface area (TPSA) is 92.0 Å². The molecule has 0 radical (unpaired) electrons. The number of carbonyl (C=O) groups excluding carboxylic acids is 2. The second-order valence-corrected chi connectivity index (χ2v) is 6.80. The van der Waals surface area contributed by atoms with Crippen molar-refractivity contribution >= 4 is 17.5 Å². The Labute approximate surface area is 143 Å². The van der Waals surface area contributed by atoms with Crippen LogP contribution in [-0.2, 0) is 19.2 Å². The van der Waals surface area contributed by atoms with E-state index in [9.17, 15) is 9.59 Å². The average Bonchev–Trinajstić information content (AvgIpc) is 3.35. The summed E-state index contributed by atoms with van der Waals surface area (Å²) in [7, 11) is 0. The molecule has 4 aliphatic heterocycles. The van der Waals surface area contributed by atoms with Gasteiger partial charge in [0.25, 0.3) is 0 Å². The van der Waals surface area contributed by atoms with Crippen molar-refractivity contribution < 1.29 is 19.2 Å². The fraction of sp³-hybridized carbons (Fsp3) is 0.444. The summed E-state index contributed by atoms with van der Waals surface area (Å²) >= 11 is 0. The summed E-state index contributed by atoms with van der Waals surface area (Å²) in [4.78, 5) is 32.1. The van der Waals surface area contributed by atoms with Crippen LogP contribution in [0.15, 0.2) is 29.4 Å². The molecule has 25 heavy (non-hydrogen) atoms. The summed E-state index contributed by atoms with van der Waals surface area (Å²) in [6, 6.07) is 9.19. The summed E-state index contributed by atoms with van der Waals surface area (Å²) in [5, 5.41) is 13.2. The third kappa shape index (κ3) is 1.70. The molecule has 7 heteroatoms. The van der Waals surface area contributed by atoms with E-state index in [-0.39, 0.29) is 29.9 Å². The maximum Gasteiger partial charge on any atom is 0.235 e. The van der Waals surface area contributed by atoms with Crippen LogP contribution in [0.1, 0.15) is 18.1 Å². The maximum atomic E-state index is 12.6. The van der Waals surface area contributed by atoms with Gasteiger partial charge in [0.2, 0.25) is 11.8 Å². The van der Waals surface area contributed by atoms with Crippen LogP contribution in [0.4, 0.5) is 0 Å². The Morgan fingerprint density at radius 2 is 1.76 bits per heavy atom. The number of hydrogen-bond acceptors (Lipinski definition) is 6. The van der Waals surface area contributed by atoms with E-state index in [2.05, 4.69) is 11.2 Å². The molecule has 0 saturated carbocycles. The van der Waals surface area contributed by atoms with Gasteiger partial charge in [0.1, 0.15) is 6.10 Å². The zero-order valence-electron chi connectivity index (χ0n) is 13.5. The normalized spacial score (nSPS) is 37.6. The van der Waals surface area contributed by atoms with Gasteiger partial charge in [0.05, 0.1) is 41.2 Å². The number of nitrogens with zero attached hydrogens (tertiary/aromatic N) is 3. The van der Waals surface area contributed by atoms with Gasteiger partial charge in [-0.05, 0) is 24.6 Å². The van der Waals surface area contributed by atoms with Gasteiger partial charge in [-0.2, -0.15) is 5.26 Å². The minimum atomic E-state index is -0.450. The molecule has 7 nitrogen and oxygen atoms in total. The molecule has 0 aromatic heterocycles. The van der Waals surface area contributed by atoms with Crippen LogP contribution in [0.25, 0.3) is 0 Å². The summed E-state index contributed by atoms with van der Waals surface area (Å²) in [6.07, 6.45) is -1.14. The molecule has 2 bridgehead atoms. The van der Waals surface area contributed by atoms with Gasteiger partial charge in [-0.1, -0.05) is 17.3 Å². The van der Waals surface area contributed by atoms with Crippen LogP contribution >= 0.6 is 0 Å². The SMILES string of the molecule is CCN1C(=O)[C@@H]2[C@H]3O[C@@H]([C@H]4C(c5ccc(C#N)cc5)=NO[C@H]34)[C@H]2C1=O. The second-order valence-electron chi connectivity index (χ2n) is 6.80. The molecule has 4 heterocycles. The first-order chi connectivity index (χ1) is 12.2. The Morgan fingerprint density at radius 3 is 2.40 bits per heavy atom. The average molecular weight is 337 g/mol. The summed E-state index contributed by atoms with van der Waals surface area (Å²) < 4.78 is 6.01. The quantitative estimate of drug-likeness (QED) is 0.740. The minimum absolute atomic E-state index is 0.144. The molecule has 0 N–H and O–H groups in total. The lowest BCUT2D eigenvalue weighted by Crippen LogP contribution is -2.45. The van der Waals surface area contributed by atoms with Crippen molar-refractivity contribution in [2.75, 3.05) is 6.54 Å². The minimum Gasteiger partial charge on any atom is -0.389 e. The molecule has 2 amide bonds. The largest absolute Gasteiger partial charge is 0.389 e. The molecule has 1 aromatic carbocycles. The molecule has 0 aliphatic carbocycles. The Balaban J connectivity index is 1.49. The smallest absolute Gasteiger partial charge is 0.235 e. The second kappa shape index (κ2) is 4.90. The highest BCUT2D eigenvalue weighted by Crippen LogP contribution is 2.54. The number of ether oxygens (including phenoxy) is 1. The van der Waals surface area contributed by atoms with Crippen LogP contribution in [0.3, 0.4) is 0 Å². The number of rotatable bonds is 2. The highest BCUT2D eigenvalue weighted by Gasteiger charge is 2.71. The number of benzene rings is 1. The summed E-state index contributed by atoms with van der Waals surface area (Å²) in [5.41, 5.74) is 2.15. The highest BCUT2D eigenvalue weighted by molar-refractivity contribution is 6.09. The number of likely N-dealkylation sites (tertiary alicyclic amines) is 1. The van der Waals surface area contributed by atoms with Crippen molar-refractivity contribution in [2.24, 2.45) is 22.9 Å². The molecular formula is C18H15N3O4. The Morgan fingerprint density at radius 1 is 1.08 bits per heavy atom. The first kappa shape index (κ1) is 14.6. The van der Waals surface area contributed by atoms with Crippen molar-refractivity contribution in [1.82, 2.24) is 4.90 Å². The van der Waals surface area contributed by atoms with Crippen LogP contribution in [0.5, 0.6) is 0 Å². The van der Waals surface area contributed by atoms with Gasteiger partial charge in [-0.25, -0.2) is 0 Å². The van der Waals surface area contributed by atoms with Crippen molar-refractivity contribution in [3.05, 3.63) is 35.4 Å². The number of carbonyl (C=O) groups is 2. The van der Waals surface area contributed by atoms with E-state index in [4.69, 9.17) is 14.8 Å². The van der Waals surface area contributed by atoms with Gasteiger partial charge in [0, 0.05) is 6.54 Å². The molecule has 3 fully saturated rings. The van der Waals surface area contributed by atoms with Crippen LogP contribution in [-0.4, -0.2) is 47.3 Å². The fourth-order valence-corrected chi connectivity index (χ4v) is 4.68. The molecule has 126 valence electrons. The molecule has 6 atom stereocenters. The van der Waals surface area contributed by atoms with E-state index in [1.165, 1.54) is 4.90 Å². The first-order valence-electron chi connectivity index (χ1n) is 8.40. The van der Waals surface area contributed by atoms with E-state index in [0.29, 0.717) is 12.1 Å². The summed E-state index contributed by atoms with van der Waals surface area (Å²) in [6.45, 7) is 2.19. The first-order valence-corrected chi connectivity index (χ1v) is 8.40. The third-order valence-corrected chi connectivity index (χ3v) is 5.76. The molecule has 1 aromatic rings. The number of fused-ring (bicyclic) bond motifs is 8. The summed E-state index contributed by atoms with van der Waals surface area (Å²) in [5.74, 6) is -1.35. The number of nitriles is 1. The Hall–Kier alpha value is -2.72. The Kier molecular flexibility index (Phi) is 2.86. The number of oxime groups is 1. The molecule has 4 aliphatic rings. The third-order valence-electron chi connectivity index (χ3n) is 5.76.